The van der Waals surface area contributed by atoms with E-state index in [1.165, 1.54) is 12.8 Å². The Morgan fingerprint density at radius 2 is 1.88 bits per heavy atom. The molecule has 96 valence electrons. The zero-order valence-electron chi connectivity index (χ0n) is 10.2. The van der Waals surface area contributed by atoms with Crippen molar-refractivity contribution in [2.24, 2.45) is 0 Å². The van der Waals surface area contributed by atoms with Crippen LogP contribution in [0.2, 0.25) is 0 Å². The first-order chi connectivity index (χ1) is 7.55. The fourth-order valence-electron chi connectivity index (χ4n) is 1.83. The van der Waals surface area contributed by atoms with Crippen LogP contribution in [0.1, 0.15) is 33.1 Å². The minimum Gasteiger partial charge on any atom is -0.299 e. The lowest BCUT2D eigenvalue weighted by Crippen LogP contribution is -2.44. The highest BCUT2D eigenvalue weighted by Gasteiger charge is 2.19. The van der Waals surface area contributed by atoms with Gasteiger partial charge in [-0.25, -0.2) is 9.44 Å². The first-order valence-electron chi connectivity index (χ1n) is 6.03. The highest BCUT2D eigenvalue weighted by Crippen LogP contribution is 2.10. The van der Waals surface area contributed by atoms with Crippen molar-refractivity contribution in [2.45, 2.75) is 39.2 Å². The van der Waals surface area contributed by atoms with Gasteiger partial charge in [-0.2, -0.15) is 8.42 Å². The second-order valence-electron chi connectivity index (χ2n) is 4.34. The van der Waals surface area contributed by atoms with Crippen LogP contribution < -0.4 is 9.44 Å². The predicted octanol–water partition coefficient (Wildman–Crippen LogP) is 0.305. The van der Waals surface area contributed by atoms with Gasteiger partial charge in [-0.1, -0.05) is 6.92 Å². The molecule has 0 saturated carbocycles. The Morgan fingerprint density at radius 1 is 1.25 bits per heavy atom. The topological polar surface area (TPSA) is 61.4 Å². The largest absolute Gasteiger partial charge is 0.299 e. The molecule has 0 amide bonds. The van der Waals surface area contributed by atoms with E-state index < -0.39 is 10.2 Å². The Morgan fingerprint density at radius 3 is 2.44 bits per heavy atom. The summed E-state index contributed by atoms with van der Waals surface area (Å²) in [5.74, 6) is 0. The first kappa shape index (κ1) is 13.9. The van der Waals surface area contributed by atoms with E-state index in [-0.39, 0.29) is 6.04 Å². The molecule has 0 spiro atoms. The van der Waals surface area contributed by atoms with Crippen LogP contribution in [0.15, 0.2) is 0 Å². The van der Waals surface area contributed by atoms with Crippen LogP contribution in [-0.4, -0.2) is 45.5 Å². The maximum Gasteiger partial charge on any atom is 0.276 e. The quantitative estimate of drug-likeness (QED) is 0.682. The van der Waals surface area contributed by atoms with Crippen molar-refractivity contribution in [1.82, 2.24) is 14.3 Å². The monoisotopic (exact) mass is 249 g/mol. The van der Waals surface area contributed by atoms with Crippen LogP contribution in [0.4, 0.5) is 0 Å². The molecule has 1 aliphatic rings. The molecule has 0 aromatic carbocycles. The second kappa shape index (κ2) is 6.54. The number of nitrogens with one attached hydrogen (secondary N) is 2. The van der Waals surface area contributed by atoms with Gasteiger partial charge in [0, 0.05) is 19.1 Å². The molecular formula is C10H23N3O2S. The molecule has 1 unspecified atom stereocenters. The number of rotatable bonds is 7. The molecule has 16 heavy (non-hydrogen) atoms. The summed E-state index contributed by atoms with van der Waals surface area (Å²) in [6, 6.07) is 0.278. The van der Waals surface area contributed by atoms with E-state index in [0.717, 1.165) is 19.5 Å². The van der Waals surface area contributed by atoms with E-state index in [9.17, 15) is 8.42 Å². The third kappa shape index (κ3) is 4.78. The van der Waals surface area contributed by atoms with Crippen molar-refractivity contribution >= 4 is 10.2 Å². The normalized spacial score (nSPS) is 20.1. The number of hydrogen-bond donors (Lipinski definition) is 2. The summed E-state index contributed by atoms with van der Waals surface area (Å²) < 4.78 is 28.0. The maximum absolute atomic E-state index is 11.5. The standard InChI is InChI=1S/C10H23N3O2S/c1-3-6-11-16(14,15)12-9-10(2)13-7-4-5-8-13/h10-12H,3-9H2,1-2H3. The summed E-state index contributed by atoms with van der Waals surface area (Å²) >= 11 is 0. The second-order valence-corrected chi connectivity index (χ2v) is 5.92. The summed E-state index contributed by atoms with van der Waals surface area (Å²) in [6.07, 6.45) is 3.26. The molecule has 0 aromatic heterocycles. The highest BCUT2D eigenvalue weighted by atomic mass is 32.2. The van der Waals surface area contributed by atoms with Crippen molar-refractivity contribution in [1.29, 1.82) is 0 Å². The summed E-state index contributed by atoms with van der Waals surface area (Å²) in [6.45, 7) is 7.16. The van der Waals surface area contributed by atoms with Gasteiger partial charge in [0.2, 0.25) is 0 Å². The van der Waals surface area contributed by atoms with Gasteiger partial charge in [0.15, 0.2) is 0 Å². The third-order valence-corrected chi connectivity index (χ3v) is 4.01. The lowest BCUT2D eigenvalue weighted by Gasteiger charge is -2.23. The van der Waals surface area contributed by atoms with E-state index >= 15 is 0 Å². The summed E-state index contributed by atoms with van der Waals surface area (Å²) in [5.41, 5.74) is 0. The molecule has 0 aromatic rings. The Balaban J connectivity index is 2.27. The van der Waals surface area contributed by atoms with Gasteiger partial charge < -0.3 is 0 Å². The molecule has 0 bridgehead atoms. The van der Waals surface area contributed by atoms with Gasteiger partial charge in [0.1, 0.15) is 0 Å². The SMILES string of the molecule is CCCNS(=O)(=O)NCC(C)N1CCCC1. The number of hydrogen-bond acceptors (Lipinski definition) is 3. The Labute approximate surface area is 98.8 Å². The average molecular weight is 249 g/mol. The summed E-state index contributed by atoms with van der Waals surface area (Å²) in [5, 5.41) is 0. The van der Waals surface area contributed by atoms with Crippen molar-refractivity contribution in [3.63, 3.8) is 0 Å². The fraction of sp³-hybridized carbons (Fsp3) is 1.00. The first-order valence-corrected chi connectivity index (χ1v) is 7.52. The zero-order chi connectivity index (χ0) is 12.0. The molecule has 1 rings (SSSR count). The Bertz CT molecular complexity index is 286. The molecule has 1 aliphatic heterocycles. The summed E-state index contributed by atoms with van der Waals surface area (Å²) in [7, 11) is -3.30. The van der Waals surface area contributed by atoms with Crippen LogP contribution in [-0.2, 0) is 10.2 Å². The van der Waals surface area contributed by atoms with E-state index in [2.05, 4.69) is 21.3 Å². The molecule has 1 fully saturated rings. The molecule has 1 heterocycles. The van der Waals surface area contributed by atoms with E-state index in [4.69, 9.17) is 0 Å². The number of likely N-dealkylation sites (tertiary alicyclic amines) is 1. The van der Waals surface area contributed by atoms with E-state index in [0.29, 0.717) is 13.1 Å². The molecule has 1 saturated heterocycles. The average Bonchev–Trinajstić information content (AvgIpc) is 2.77. The molecular weight excluding hydrogens is 226 g/mol. The molecule has 0 radical (unpaired) electrons. The van der Waals surface area contributed by atoms with Crippen molar-refractivity contribution < 1.29 is 8.42 Å². The van der Waals surface area contributed by atoms with Gasteiger partial charge in [-0.3, -0.25) is 4.90 Å². The predicted molar refractivity (Wildman–Crippen MR) is 65.5 cm³/mol. The zero-order valence-corrected chi connectivity index (χ0v) is 11.0. The Kier molecular flexibility index (Phi) is 5.68. The third-order valence-electron chi connectivity index (χ3n) is 2.87. The summed E-state index contributed by atoms with van der Waals surface area (Å²) in [4.78, 5) is 2.32. The van der Waals surface area contributed by atoms with Gasteiger partial charge in [0.05, 0.1) is 0 Å². The van der Waals surface area contributed by atoms with Gasteiger partial charge in [-0.15, -0.1) is 0 Å². The van der Waals surface area contributed by atoms with E-state index in [1.54, 1.807) is 0 Å². The lowest BCUT2D eigenvalue weighted by molar-refractivity contribution is 0.259. The van der Waals surface area contributed by atoms with Crippen LogP contribution in [0, 0.1) is 0 Å². The molecule has 5 nitrogen and oxygen atoms in total. The van der Waals surface area contributed by atoms with Crippen LogP contribution >= 0.6 is 0 Å². The van der Waals surface area contributed by atoms with Gasteiger partial charge in [0.25, 0.3) is 10.2 Å². The fourth-order valence-corrected chi connectivity index (χ4v) is 2.86. The van der Waals surface area contributed by atoms with Crippen molar-refractivity contribution in [3.05, 3.63) is 0 Å². The van der Waals surface area contributed by atoms with Crippen LogP contribution in [0.25, 0.3) is 0 Å². The van der Waals surface area contributed by atoms with Gasteiger partial charge in [-0.05, 0) is 39.3 Å². The smallest absolute Gasteiger partial charge is 0.276 e. The minimum absolute atomic E-state index is 0.278. The lowest BCUT2D eigenvalue weighted by atomic mass is 10.3. The highest BCUT2D eigenvalue weighted by molar-refractivity contribution is 7.87. The van der Waals surface area contributed by atoms with Gasteiger partial charge >= 0.3 is 0 Å². The molecule has 6 heteroatoms. The maximum atomic E-state index is 11.5. The molecule has 2 N–H and O–H groups in total. The van der Waals surface area contributed by atoms with E-state index in [1.807, 2.05) is 6.92 Å². The molecule has 0 aliphatic carbocycles. The van der Waals surface area contributed by atoms with Crippen LogP contribution in [0.3, 0.4) is 0 Å². The van der Waals surface area contributed by atoms with Crippen LogP contribution in [0.5, 0.6) is 0 Å². The Hall–Kier alpha value is -0.170. The minimum atomic E-state index is -3.30. The van der Waals surface area contributed by atoms with Crippen molar-refractivity contribution in [3.8, 4) is 0 Å². The van der Waals surface area contributed by atoms with Crippen molar-refractivity contribution in [2.75, 3.05) is 26.2 Å². The number of nitrogens with zero attached hydrogens (tertiary/aromatic N) is 1. The molecule has 1 atom stereocenters.